The summed E-state index contributed by atoms with van der Waals surface area (Å²) < 4.78 is 0. The first kappa shape index (κ1) is 12.7. The molecule has 0 amide bonds. The van der Waals surface area contributed by atoms with Crippen molar-refractivity contribution in [3.8, 4) is 11.1 Å². The molecule has 0 radical (unpaired) electrons. The third-order valence-corrected chi connectivity index (χ3v) is 4.07. The lowest BCUT2D eigenvalue weighted by Crippen LogP contribution is -2.35. The van der Waals surface area contributed by atoms with Gasteiger partial charge in [-0.3, -0.25) is 5.10 Å². The number of rotatable bonds is 3. The summed E-state index contributed by atoms with van der Waals surface area (Å²) in [5.74, 6) is 0. The van der Waals surface area contributed by atoms with Crippen LogP contribution in [-0.2, 0) is 6.42 Å². The normalized spacial score (nSPS) is 19.5. The Morgan fingerprint density at radius 1 is 1.21 bits per heavy atom. The summed E-state index contributed by atoms with van der Waals surface area (Å²) in [6.45, 7) is 1.13. The average Bonchev–Trinajstić information content (AvgIpc) is 2.88. The van der Waals surface area contributed by atoms with Gasteiger partial charge in [0.05, 0.1) is 6.20 Å². The molecule has 2 aromatic rings. The zero-order chi connectivity index (χ0) is 13.1. The summed E-state index contributed by atoms with van der Waals surface area (Å²) in [6, 6.07) is 8.48. The largest absolute Gasteiger partial charge is 0.314 e. The van der Waals surface area contributed by atoms with Gasteiger partial charge in [-0.15, -0.1) is 0 Å². The lowest BCUT2D eigenvalue weighted by atomic mass is 9.97. The van der Waals surface area contributed by atoms with E-state index in [9.17, 15) is 0 Å². The molecule has 1 aromatic heterocycles. The number of halogens is 1. The van der Waals surface area contributed by atoms with Crippen LogP contribution in [0.2, 0.25) is 5.02 Å². The lowest BCUT2D eigenvalue weighted by molar-refractivity contribution is 0.397. The highest BCUT2D eigenvalue weighted by molar-refractivity contribution is 6.33. The van der Waals surface area contributed by atoms with Gasteiger partial charge < -0.3 is 5.32 Å². The van der Waals surface area contributed by atoms with Crippen molar-refractivity contribution in [1.82, 2.24) is 15.5 Å². The predicted molar refractivity (Wildman–Crippen MR) is 78.4 cm³/mol. The van der Waals surface area contributed by atoms with Crippen LogP contribution in [0.25, 0.3) is 11.1 Å². The Labute approximate surface area is 118 Å². The number of aromatic nitrogens is 2. The van der Waals surface area contributed by atoms with Crippen molar-refractivity contribution in [2.45, 2.75) is 31.7 Å². The first-order valence-electron chi connectivity index (χ1n) is 6.85. The molecule has 1 saturated heterocycles. The monoisotopic (exact) mass is 275 g/mol. The number of aromatic amines is 1. The fraction of sp³-hybridized carbons (Fsp3) is 0.400. The third-order valence-electron chi connectivity index (χ3n) is 3.75. The highest BCUT2D eigenvalue weighted by Gasteiger charge is 2.17. The van der Waals surface area contributed by atoms with Crippen LogP contribution in [0.5, 0.6) is 0 Å². The van der Waals surface area contributed by atoms with Crippen LogP contribution < -0.4 is 5.32 Å². The van der Waals surface area contributed by atoms with E-state index < -0.39 is 0 Å². The molecule has 1 unspecified atom stereocenters. The van der Waals surface area contributed by atoms with Crippen molar-refractivity contribution in [3.05, 3.63) is 41.2 Å². The molecule has 1 aliphatic heterocycles. The van der Waals surface area contributed by atoms with E-state index in [1.807, 2.05) is 30.5 Å². The summed E-state index contributed by atoms with van der Waals surface area (Å²) in [6.07, 6.45) is 6.70. The van der Waals surface area contributed by atoms with Gasteiger partial charge in [0.25, 0.3) is 0 Å². The predicted octanol–water partition coefficient (Wildman–Crippen LogP) is 3.41. The Bertz CT molecular complexity index is 544. The average molecular weight is 276 g/mol. The molecule has 1 aromatic carbocycles. The van der Waals surface area contributed by atoms with Crippen LogP contribution in [0.1, 0.15) is 25.0 Å². The molecule has 19 heavy (non-hydrogen) atoms. The molecule has 0 saturated carbocycles. The van der Waals surface area contributed by atoms with Gasteiger partial charge in [0.2, 0.25) is 0 Å². The minimum Gasteiger partial charge on any atom is -0.314 e. The summed E-state index contributed by atoms with van der Waals surface area (Å²) in [5.41, 5.74) is 3.36. The highest BCUT2D eigenvalue weighted by atomic mass is 35.5. The van der Waals surface area contributed by atoms with Crippen molar-refractivity contribution >= 4 is 11.6 Å². The number of hydrogen-bond acceptors (Lipinski definition) is 2. The molecule has 0 spiro atoms. The molecule has 1 atom stereocenters. The van der Waals surface area contributed by atoms with Crippen LogP contribution in [0.15, 0.2) is 30.5 Å². The first-order chi connectivity index (χ1) is 9.34. The summed E-state index contributed by atoms with van der Waals surface area (Å²) in [7, 11) is 0. The molecule has 0 bridgehead atoms. The molecule has 1 fully saturated rings. The second-order valence-electron chi connectivity index (χ2n) is 5.09. The SMILES string of the molecule is Clc1ccccc1-c1cn[nH]c1CC1CCCCN1. The van der Waals surface area contributed by atoms with Crippen molar-refractivity contribution in [1.29, 1.82) is 0 Å². The lowest BCUT2D eigenvalue weighted by Gasteiger charge is -2.23. The zero-order valence-electron chi connectivity index (χ0n) is 10.8. The summed E-state index contributed by atoms with van der Waals surface area (Å²) >= 11 is 6.27. The Morgan fingerprint density at radius 3 is 2.89 bits per heavy atom. The maximum Gasteiger partial charge on any atom is 0.0569 e. The van der Waals surface area contributed by atoms with Crippen LogP contribution in [-0.4, -0.2) is 22.8 Å². The Kier molecular flexibility index (Phi) is 3.85. The van der Waals surface area contributed by atoms with Crippen molar-refractivity contribution in [2.24, 2.45) is 0 Å². The smallest absolute Gasteiger partial charge is 0.0569 e. The Morgan fingerprint density at radius 2 is 2.11 bits per heavy atom. The minimum atomic E-state index is 0.551. The molecular formula is C15H18ClN3. The van der Waals surface area contributed by atoms with E-state index >= 15 is 0 Å². The number of hydrogen-bond donors (Lipinski definition) is 2. The molecule has 3 rings (SSSR count). The van der Waals surface area contributed by atoms with Gasteiger partial charge in [-0.1, -0.05) is 36.2 Å². The number of nitrogens with zero attached hydrogens (tertiary/aromatic N) is 1. The maximum absolute atomic E-state index is 6.27. The standard InChI is InChI=1S/C15H18ClN3/c16-14-7-2-1-6-12(14)13-10-18-19-15(13)9-11-5-3-4-8-17-11/h1-2,6-7,10-11,17H,3-5,8-9H2,(H,18,19). The molecular weight excluding hydrogens is 258 g/mol. The van der Waals surface area contributed by atoms with Crippen LogP contribution >= 0.6 is 11.6 Å². The number of piperidine rings is 1. The van der Waals surface area contributed by atoms with Gasteiger partial charge in [-0.25, -0.2) is 0 Å². The maximum atomic E-state index is 6.27. The van der Waals surface area contributed by atoms with Crippen molar-refractivity contribution in [3.63, 3.8) is 0 Å². The molecule has 100 valence electrons. The van der Waals surface area contributed by atoms with Crippen LogP contribution in [0.3, 0.4) is 0 Å². The number of H-pyrrole nitrogens is 1. The zero-order valence-corrected chi connectivity index (χ0v) is 11.6. The van der Waals surface area contributed by atoms with Gasteiger partial charge in [-0.2, -0.15) is 5.10 Å². The molecule has 1 aliphatic rings. The Balaban J connectivity index is 1.84. The molecule has 2 N–H and O–H groups in total. The quantitative estimate of drug-likeness (QED) is 0.901. The fourth-order valence-corrected chi connectivity index (χ4v) is 2.96. The topological polar surface area (TPSA) is 40.7 Å². The molecule has 3 nitrogen and oxygen atoms in total. The second kappa shape index (κ2) is 5.76. The molecule has 2 heterocycles. The number of benzene rings is 1. The van der Waals surface area contributed by atoms with Gasteiger partial charge in [0.1, 0.15) is 0 Å². The highest BCUT2D eigenvalue weighted by Crippen LogP contribution is 2.30. The van der Waals surface area contributed by atoms with Gasteiger partial charge >= 0.3 is 0 Å². The van der Waals surface area contributed by atoms with Crippen molar-refractivity contribution < 1.29 is 0 Å². The van der Waals surface area contributed by atoms with E-state index in [4.69, 9.17) is 11.6 Å². The van der Waals surface area contributed by atoms with Gasteiger partial charge in [0, 0.05) is 34.3 Å². The number of nitrogens with one attached hydrogen (secondary N) is 2. The van der Waals surface area contributed by atoms with E-state index in [1.54, 1.807) is 0 Å². The summed E-state index contributed by atoms with van der Waals surface area (Å²) in [4.78, 5) is 0. The van der Waals surface area contributed by atoms with E-state index in [0.717, 1.165) is 29.1 Å². The van der Waals surface area contributed by atoms with Crippen molar-refractivity contribution in [2.75, 3.05) is 6.54 Å². The van der Waals surface area contributed by atoms with Gasteiger partial charge in [-0.05, 0) is 25.5 Å². The van der Waals surface area contributed by atoms with E-state index in [2.05, 4.69) is 15.5 Å². The van der Waals surface area contributed by atoms with E-state index in [0.29, 0.717) is 6.04 Å². The van der Waals surface area contributed by atoms with Gasteiger partial charge in [0.15, 0.2) is 0 Å². The van der Waals surface area contributed by atoms with E-state index in [-0.39, 0.29) is 0 Å². The second-order valence-corrected chi connectivity index (χ2v) is 5.50. The Hall–Kier alpha value is -1.32. The molecule has 0 aliphatic carbocycles. The van der Waals surface area contributed by atoms with E-state index in [1.165, 1.54) is 25.0 Å². The molecule has 4 heteroatoms. The third kappa shape index (κ3) is 2.82. The van der Waals surface area contributed by atoms with Crippen LogP contribution in [0.4, 0.5) is 0 Å². The fourth-order valence-electron chi connectivity index (χ4n) is 2.72. The minimum absolute atomic E-state index is 0.551. The van der Waals surface area contributed by atoms with Crippen LogP contribution in [0, 0.1) is 0 Å². The first-order valence-corrected chi connectivity index (χ1v) is 7.23. The summed E-state index contributed by atoms with van der Waals surface area (Å²) in [5, 5.41) is 11.7.